The van der Waals surface area contributed by atoms with Gasteiger partial charge in [-0.15, -0.1) is 0 Å². The first-order chi connectivity index (χ1) is 13.2. The highest BCUT2D eigenvalue weighted by Crippen LogP contribution is 2.31. The van der Waals surface area contributed by atoms with Crippen molar-refractivity contribution in [3.63, 3.8) is 0 Å². The summed E-state index contributed by atoms with van der Waals surface area (Å²) in [5, 5.41) is 5.81. The Labute approximate surface area is 157 Å². The predicted octanol–water partition coefficient (Wildman–Crippen LogP) is 2.92. The third-order valence-electron chi connectivity index (χ3n) is 4.57. The summed E-state index contributed by atoms with van der Waals surface area (Å²) >= 11 is 0. The first-order valence-electron chi connectivity index (χ1n) is 9.27. The van der Waals surface area contributed by atoms with E-state index in [0.29, 0.717) is 43.3 Å². The zero-order chi connectivity index (χ0) is 18.6. The number of benzene rings is 2. The lowest BCUT2D eigenvalue weighted by Crippen LogP contribution is -2.25. The summed E-state index contributed by atoms with van der Waals surface area (Å²) in [6.07, 6.45) is 3.03. The molecule has 2 aromatic rings. The molecule has 0 aromatic heterocycles. The minimum absolute atomic E-state index is 0.0927. The first-order valence-corrected chi connectivity index (χ1v) is 9.27. The molecular formula is C21H22N2O4. The highest BCUT2D eigenvalue weighted by atomic mass is 16.6. The van der Waals surface area contributed by atoms with Gasteiger partial charge >= 0.3 is 0 Å². The van der Waals surface area contributed by atoms with Crippen LogP contribution >= 0.6 is 0 Å². The topological polar surface area (TPSA) is 76.7 Å². The number of ether oxygens (including phenoxy) is 2. The van der Waals surface area contributed by atoms with Crippen LogP contribution in [-0.4, -0.2) is 31.1 Å². The van der Waals surface area contributed by atoms with Crippen LogP contribution in [0.5, 0.6) is 11.5 Å². The van der Waals surface area contributed by atoms with Crippen molar-refractivity contribution in [3.05, 3.63) is 53.6 Å². The van der Waals surface area contributed by atoms with Crippen molar-refractivity contribution < 1.29 is 19.1 Å². The highest BCUT2D eigenvalue weighted by Gasteiger charge is 2.23. The molecule has 2 aromatic carbocycles. The van der Waals surface area contributed by atoms with E-state index in [1.807, 2.05) is 18.2 Å². The molecule has 6 nitrogen and oxygen atoms in total. The van der Waals surface area contributed by atoms with Gasteiger partial charge in [-0.3, -0.25) is 9.59 Å². The van der Waals surface area contributed by atoms with Gasteiger partial charge in [-0.1, -0.05) is 12.1 Å². The Morgan fingerprint density at radius 3 is 2.63 bits per heavy atom. The van der Waals surface area contributed by atoms with Crippen molar-refractivity contribution in [1.29, 1.82) is 0 Å². The minimum Gasteiger partial charge on any atom is -0.486 e. The average Bonchev–Trinajstić information content (AvgIpc) is 3.50. The third kappa shape index (κ3) is 4.58. The number of carbonyl (C=O) groups excluding carboxylic acids is 2. The third-order valence-corrected chi connectivity index (χ3v) is 4.57. The van der Waals surface area contributed by atoms with Gasteiger partial charge in [-0.2, -0.15) is 0 Å². The molecule has 0 spiro atoms. The summed E-state index contributed by atoms with van der Waals surface area (Å²) in [4.78, 5) is 24.4. The van der Waals surface area contributed by atoms with Crippen molar-refractivity contribution in [3.8, 4) is 11.5 Å². The normalized spacial score (nSPS) is 15.1. The lowest BCUT2D eigenvalue weighted by Gasteiger charge is -2.18. The second-order valence-electron chi connectivity index (χ2n) is 6.85. The molecule has 0 saturated heterocycles. The number of aryl methyl sites for hydroxylation is 1. The van der Waals surface area contributed by atoms with Crippen LogP contribution in [0.2, 0.25) is 0 Å². The second-order valence-corrected chi connectivity index (χ2v) is 6.85. The Morgan fingerprint density at radius 1 is 1.00 bits per heavy atom. The van der Waals surface area contributed by atoms with Gasteiger partial charge in [0.15, 0.2) is 11.5 Å². The van der Waals surface area contributed by atoms with Crippen LogP contribution in [0.4, 0.5) is 5.69 Å². The summed E-state index contributed by atoms with van der Waals surface area (Å²) in [5.41, 5.74) is 2.21. The molecule has 6 heteroatoms. The molecule has 0 radical (unpaired) electrons. The largest absolute Gasteiger partial charge is 0.486 e. The Balaban J connectivity index is 1.32. The Kier molecular flexibility index (Phi) is 4.96. The Bertz CT molecular complexity index is 861. The van der Waals surface area contributed by atoms with Crippen LogP contribution in [0.3, 0.4) is 0 Å². The highest BCUT2D eigenvalue weighted by molar-refractivity contribution is 5.97. The van der Waals surface area contributed by atoms with Gasteiger partial charge < -0.3 is 20.1 Å². The molecule has 0 bridgehead atoms. The van der Waals surface area contributed by atoms with Crippen molar-refractivity contribution in [1.82, 2.24) is 5.32 Å². The molecule has 4 rings (SSSR count). The average molecular weight is 366 g/mol. The molecule has 0 unspecified atom stereocenters. The summed E-state index contributed by atoms with van der Waals surface area (Å²) < 4.78 is 11.1. The Morgan fingerprint density at radius 2 is 1.81 bits per heavy atom. The smallest absolute Gasteiger partial charge is 0.251 e. The van der Waals surface area contributed by atoms with E-state index >= 15 is 0 Å². The van der Waals surface area contributed by atoms with Gasteiger partial charge in [0.25, 0.3) is 5.91 Å². The zero-order valence-electron chi connectivity index (χ0n) is 15.0. The fourth-order valence-corrected chi connectivity index (χ4v) is 2.96. The number of fused-ring (bicyclic) bond motifs is 1. The fourth-order valence-electron chi connectivity index (χ4n) is 2.96. The molecule has 2 amide bonds. The van der Waals surface area contributed by atoms with Gasteiger partial charge in [0, 0.05) is 23.7 Å². The molecule has 1 aliphatic carbocycles. The van der Waals surface area contributed by atoms with Crippen LogP contribution in [0.1, 0.15) is 35.2 Å². The molecule has 1 aliphatic heterocycles. The van der Waals surface area contributed by atoms with E-state index < -0.39 is 0 Å². The van der Waals surface area contributed by atoms with Crippen LogP contribution in [0, 0.1) is 0 Å². The SMILES string of the molecule is O=C(CCc1ccc2c(c1)OCCO2)Nc1cccc(C(=O)NC2CC2)c1. The van der Waals surface area contributed by atoms with E-state index in [9.17, 15) is 9.59 Å². The van der Waals surface area contributed by atoms with Crippen molar-refractivity contribution in [2.75, 3.05) is 18.5 Å². The lowest BCUT2D eigenvalue weighted by atomic mass is 10.1. The first kappa shape index (κ1) is 17.4. The summed E-state index contributed by atoms with van der Waals surface area (Å²) in [7, 11) is 0. The number of rotatable bonds is 6. The van der Waals surface area contributed by atoms with Crippen LogP contribution < -0.4 is 20.1 Å². The summed E-state index contributed by atoms with van der Waals surface area (Å²) in [6, 6.07) is 13.1. The van der Waals surface area contributed by atoms with Gasteiger partial charge in [0.1, 0.15) is 13.2 Å². The minimum atomic E-state index is -0.0929. The van der Waals surface area contributed by atoms with E-state index in [1.165, 1.54) is 0 Å². The second kappa shape index (κ2) is 7.70. The van der Waals surface area contributed by atoms with E-state index in [-0.39, 0.29) is 11.8 Å². The number of anilines is 1. The molecule has 2 aliphatic rings. The standard InChI is InChI=1S/C21H22N2O4/c24-20(9-5-14-4-8-18-19(12-14)27-11-10-26-18)22-17-3-1-2-15(13-17)21(25)23-16-6-7-16/h1-4,8,12-13,16H,5-7,9-11H2,(H,22,24)(H,23,25). The number of nitrogens with one attached hydrogen (secondary N) is 2. The van der Waals surface area contributed by atoms with Crippen LogP contribution in [0.15, 0.2) is 42.5 Å². The van der Waals surface area contributed by atoms with Gasteiger partial charge in [0.2, 0.25) is 5.91 Å². The number of hydrogen-bond acceptors (Lipinski definition) is 4. The molecule has 0 atom stereocenters. The molecule has 140 valence electrons. The van der Waals surface area contributed by atoms with E-state index in [2.05, 4.69) is 10.6 Å². The van der Waals surface area contributed by atoms with Gasteiger partial charge in [-0.25, -0.2) is 0 Å². The maximum atomic E-state index is 12.3. The van der Waals surface area contributed by atoms with Gasteiger partial charge in [0.05, 0.1) is 0 Å². The fraction of sp³-hybridized carbons (Fsp3) is 0.333. The van der Waals surface area contributed by atoms with Crippen molar-refractivity contribution in [2.45, 2.75) is 31.7 Å². The molecule has 27 heavy (non-hydrogen) atoms. The Hall–Kier alpha value is -3.02. The lowest BCUT2D eigenvalue weighted by molar-refractivity contribution is -0.116. The zero-order valence-corrected chi connectivity index (χ0v) is 15.0. The number of amides is 2. The van der Waals surface area contributed by atoms with Gasteiger partial charge in [-0.05, 0) is 55.2 Å². The quantitative estimate of drug-likeness (QED) is 0.824. The molecule has 1 heterocycles. The number of hydrogen-bond donors (Lipinski definition) is 2. The van der Waals surface area contributed by atoms with Crippen molar-refractivity contribution >= 4 is 17.5 Å². The van der Waals surface area contributed by atoms with E-state index in [0.717, 1.165) is 29.9 Å². The summed E-state index contributed by atoms with van der Waals surface area (Å²) in [5.74, 6) is 1.29. The van der Waals surface area contributed by atoms with E-state index in [4.69, 9.17) is 9.47 Å². The summed E-state index contributed by atoms with van der Waals surface area (Å²) in [6.45, 7) is 1.11. The molecular weight excluding hydrogens is 344 g/mol. The van der Waals surface area contributed by atoms with Crippen molar-refractivity contribution in [2.24, 2.45) is 0 Å². The predicted molar refractivity (Wildman–Crippen MR) is 101 cm³/mol. The van der Waals surface area contributed by atoms with E-state index in [1.54, 1.807) is 24.3 Å². The number of carbonyl (C=O) groups is 2. The maximum absolute atomic E-state index is 12.3. The molecule has 1 saturated carbocycles. The van der Waals surface area contributed by atoms with Crippen LogP contribution in [-0.2, 0) is 11.2 Å². The molecule has 2 N–H and O–H groups in total. The van der Waals surface area contributed by atoms with Crippen LogP contribution in [0.25, 0.3) is 0 Å². The molecule has 1 fully saturated rings. The maximum Gasteiger partial charge on any atom is 0.251 e. The monoisotopic (exact) mass is 366 g/mol.